The number of hydrogen-bond acceptors (Lipinski definition) is 3. The Labute approximate surface area is 112 Å². The number of rotatable bonds is 3. The second-order valence-corrected chi connectivity index (χ2v) is 4.49. The standard InChI is InChI=1S/C15H17N3O/c1-10-5-3-4-6-13(10)18(2)14-8-7-11(16)9-12(14)15(17)19/h3-9H,16H2,1-2H3,(H2,17,19). The van der Waals surface area contributed by atoms with Gasteiger partial charge in [-0.1, -0.05) is 18.2 Å². The van der Waals surface area contributed by atoms with Crippen LogP contribution in [0.4, 0.5) is 17.1 Å². The van der Waals surface area contributed by atoms with Crippen molar-refractivity contribution in [3.05, 3.63) is 53.6 Å². The van der Waals surface area contributed by atoms with Gasteiger partial charge in [0.2, 0.25) is 0 Å². The van der Waals surface area contributed by atoms with Crippen LogP contribution >= 0.6 is 0 Å². The summed E-state index contributed by atoms with van der Waals surface area (Å²) in [4.78, 5) is 13.5. The molecule has 0 aliphatic rings. The average Bonchev–Trinajstić information content (AvgIpc) is 2.38. The molecule has 0 bridgehead atoms. The van der Waals surface area contributed by atoms with Gasteiger partial charge in [-0.25, -0.2) is 0 Å². The molecule has 4 nitrogen and oxygen atoms in total. The molecule has 0 atom stereocenters. The maximum Gasteiger partial charge on any atom is 0.250 e. The van der Waals surface area contributed by atoms with Crippen molar-refractivity contribution < 1.29 is 4.79 Å². The fourth-order valence-corrected chi connectivity index (χ4v) is 2.11. The molecule has 0 unspecified atom stereocenters. The van der Waals surface area contributed by atoms with Crippen molar-refractivity contribution in [3.8, 4) is 0 Å². The average molecular weight is 255 g/mol. The predicted molar refractivity (Wildman–Crippen MR) is 78.6 cm³/mol. The monoisotopic (exact) mass is 255 g/mol. The smallest absolute Gasteiger partial charge is 0.250 e. The van der Waals surface area contributed by atoms with Crippen LogP contribution in [0.5, 0.6) is 0 Å². The lowest BCUT2D eigenvalue weighted by molar-refractivity contribution is 0.100. The molecule has 2 aromatic carbocycles. The quantitative estimate of drug-likeness (QED) is 0.827. The Morgan fingerprint density at radius 1 is 1.11 bits per heavy atom. The molecule has 0 spiro atoms. The van der Waals surface area contributed by atoms with Gasteiger partial charge in [0, 0.05) is 18.4 Å². The number of nitrogen functional groups attached to an aromatic ring is 1. The Morgan fingerprint density at radius 2 is 1.79 bits per heavy atom. The van der Waals surface area contributed by atoms with E-state index in [1.54, 1.807) is 12.1 Å². The van der Waals surface area contributed by atoms with E-state index >= 15 is 0 Å². The number of anilines is 3. The van der Waals surface area contributed by atoms with E-state index in [0.29, 0.717) is 11.3 Å². The molecule has 0 saturated carbocycles. The molecule has 19 heavy (non-hydrogen) atoms. The molecular formula is C15H17N3O. The van der Waals surface area contributed by atoms with E-state index in [1.807, 2.05) is 49.2 Å². The minimum Gasteiger partial charge on any atom is -0.399 e. The van der Waals surface area contributed by atoms with Crippen molar-refractivity contribution in [1.82, 2.24) is 0 Å². The van der Waals surface area contributed by atoms with E-state index in [9.17, 15) is 4.79 Å². The van der Waals surface area contributed by atoms with E-state index in [2.05, 4.69) is 0 Å². The van der Waals surface area contributed by atoms with Crippen LogP contribution in [0.1, 0.15) is 15.9 Å². The molecule has 0 aliphatic carbocycles. The summed E-state index contributed by atoms with van der Waals surface area (Å²) in [6, 6.07) is 13.1. The minimum absolute atomic E-state index is 0.422. The van der Waals surface area contributed by atoms with Crippen molar-refractivity contribution in [1.29, 1.82) is 0 Å². The van der Waals surface area contributed by atoms with Crippen molar-refractivity contribution >= 4 is 23.0 Å². The zero-order valence-electron chi connectivity index (χ0n) is 11.1. The Bertz CT molecular complexity index is 623. The molecule has 0 saturated heterocycles. The third kappa shape index (κ3) is 2.52. The van der Waals surface area contributed by atoms with Gasteiger partial charge in [-0.2, -0.15) is 0 Å². The van der Waals surface area contributed by atoms with Crippen molar-refractivity contribution in [2.45, 2.75) is 6.92 Å². The zero-order chi connectivity index (χ0) is 14.0. The molecule has 0 aromatic heterocycles. The number of nitrogens with zero attached hydrogens (tertiary/aromatic N) is 1. The number of primary amides is 1. The Balaban J connectivity index is 2.53. The Kier molecular flexibility index (Phi) is 3.42. The van der Waals surface area contributed by atoms with Gasteiger partial charge < -0.3 is 16.4 Å². The van der Waals surface area contributed by atoms with Crippen LogP contribution in [0.25, 0.3) is 0 Å². The summed E-state index contributed by atoms with van der Waals surface area (Å²) in [5.74, 6) is -0.484. The van der Waals surface area contributed by atoms with Crippen LogP contribution in [0.15, 0.2) is 42.5 Å². The molecule has 0 aliphatic heterocycles. The summed E-state index contributed by atoms with van der Waals surface area (Å²) in [6.45, 7) is 2.02. The van der Waals surface area contributed by atoms with Crippen LogP contribution in [-0.4, -0.2) is 13.0 Å². The van der Waals surface area contributed by atoms with Crippen LogP contribution in [0, 0.1) is 6.92 Å². The predicted octanol–water partition coefficient (Wildman–Crippen LogP) is 2.44. The van der Waals surface area contributed by atoms with E-state index in [4.69, 9.17) is 11.5 Å². The first-order chi connectivity index (χ1) is 9.00. The van der Waals surface area contributed by atoms with E-state index in [-0.39, 0.29) is 0 Å². The molecule has 98 valence electrons. The first-order valence-corrected chi connectivity index (χ1v) is 5.99. The van der Waals surface area contributed by atoms with Gasteiger partial charge in [-0.05, 0) is 36.8 Å². The van der Waals surface area contributed by atoms with Crippen molar-refractivity contribution in [2.75, 3.05) is 17.7 Å². The highest BCUT2D eigenvalue weighted by Gasteiger charge is 2.14. The molecule has 2 rings (SSSR count). The van der Waals surface area contributed by atoms with Crippen LogP contribution in [0.2, 0.25) is 0 Å². The molecule has 4 N–H and O–H groups in total. The number of para-hydroxylation sites is 1. The maximum atomic E-state index is 11.5. The molecule has 0 radical (unpaired) electrons. The van der Waals surface area contributed by atoms with Crippen LogP contribution in [-0.2, 0) is 0 Å². The summed E-state index contributed by atoms with van der Waals surface area (Å²) in [5, 5.41) is 0. The fourth-order valence-electron chi connectivity index (χ4n) is 2.11. The van der Waals surface area contributed by atoms with Crippen molar-refractivity contribution in [2.24, 2.45) is 5.73 Å². The first-order valence-electron chi connectivity index (χ1n) is 5.99. The van der Waals surface area contributed by atoms with Gasteiger partial charge in [0.15, 0.2) is 0 Å². The fraction of sp³-hybridized carbons (Fsp3) is 0.133. The SMILES string of the molecule is Cc1ccccc1N(C)c1ccc(N)cc1C(N)=O. The number of carbonyl (C=O) groups is 1. The van der Waals surface area contributed by atoms with Gasteiger partial charge in [0.1, 0.15) is 0 Å². The molecule has 1 amide bonds. The van der Waals surface area contributed by atoms with E-state index in [1.165, 1.54) is 0 Å². The summed E-state index contributed by atoms with van der Waals surface area (Å²) in [6.07, 6.45) is 0. The molecule has 4 heteroatoms. The lowest BCUT2D eigenvalue weighted by atomic mass is 10.1. The maximum absolute atomic E-state index is 11.5. The highest BCUT2D eigenvalue weighted by atomic mass is 16.1. The third-order valence-corrected chi connectivity index (χ3v) is 3.12. The van der Waals surface area contributed by atoms with Gasteiger partial charge in [-0.3, -0.25) is 4.79 Å². The van der Waals surface area contributed by atoms with Crippen LogP contribution in [0.3, 0.4) is 0 Å². The highest BCUT2D eigenvalue weighted by molar-refractivity contribution is 6.00. The highest BCUT2D eigenvalue weighted by Crippen LogP contribution is 2.30. The van der Waals surface area contributed by atoms with Gasteiger partial charge in [-0.15, -0.1) is 0 Å². The Hall–Kier alpha value is -2.49. The van der Waals surface area contributed by atoms with E-state index in [0.717, 1.165) is 16.9 Å². The second kappa shape index (κ2) is 5.02. The number of nitrogens with two attached hydrogens (primary N) is 2. The number of benzene rings is 2. The lowest BCUT2D eigenvalue weighted by Crippen LogP contribution is -2.19. The van der Waals surface area contributed by atoms with Gasteiger partial charge in [0.05, 0.1) is 11.3 Å². The number of hydrogen-bond donors (Lipinski definition) is 2. The van der Waals surface area contributed by atoms with Gasteiger partial charge in [0.25, 0.3) is 5.91 Å². The molecule has 2 aromatic rings. The van der Waals surface area contributed by atoms with E-state index < -0.39 is 5.91 Å². The molecule has 0 fully saturated rings. The summed E-state index contributed by atoms with van der Waals surface area (Å²) >= 11 is 0. The number of carbonyl (C=O) groups excluding carboxylic acids is 1. The topological polar surface area (TPSA) is 72.3 Å². The van der Waals surface area contributed by atoms with Crippen molar-refractivity contribution in [3.63, 3.8) is 0 Å². The number of amides is 1. The summed E-state index contributed by atoms with van der Waals surface area (Å²) in [7, 11) is 1.90. The third-order valence-electron chi connectivity index (χ3n) is 3.12. The zero-order valence-corrected chi connectivity index (χ0v) is 11.1. The van der Waals surface area contributed by atoms with Gasteiger partial charge >= 0.3 is 0 Å². The first kappa shape index (κ1) is 13.0. The molecular weight excluding hydrogens is 238 g/mol. The number of aryl methyl sites for hydroxylation is 1. The summed E-state index contributed by atoms with van der Waals surface area (Å²) < 4.78 is 0. The van der Waals surface area contributed by atoms with Crippen LogP contribution < -0.4 is 16.4 Å². The summed E-state index contributed by atoms with van der Waals surface area (Å²) in [5.41, 5.74) is 15.0. The lowest BCUT2D eigenvalue weighted by Gasteiger charge is -2.23. The normalized spacial score (nSPS) is 10.2. The second-order valence-electron chi connectivity index (χ2n) is 4.49. The Morgan fingerprint density at radius 3 is 2.42 bits per heavy atom. The molecule has 0 heterocycles. The minimum atomic E-state index is -0.484. The largest absolute Gasteiger partial charge is 0.399 e.